The number of sulfonamides is 1. The van der Waals surface area contributed by atoms with E-state index in [2.05, 4.69) is 34.1 Å². The van der Waals surface area contributed by atoms with Gasteiger partial charge in [-0.05, 0) is 37.4 Å². The number of amides is 1. The Hall–Kier alpha value is -2.14. The summed E-state index contributed by atoms with van der Waals surface area (Å²) in [6, 6.07) is 7.48. The molecule has 0 unspecified atom stereocenters. The molecule has 32 heavy (non-hydrogen) atoms. The highest BCUT2D eigenvalue weighted by Gasteiger charge is 2.34. The molecule has 9 nitrogen and oxygen atoms in total. The standard InChI is InChI=1S/C21H31ClN6O3S/c1-4-26(5-2)11-10-23-20(29)19-16-25(3)24-21(19)32(30,31)28-14-12-27(13-15-28)18-8-6-17(22)7-9-18/h6-9,16H,4-5,10-15H2,1-3H3,(H,23,29). The second kappa shape index (κ2) is 10.7. The molecule has 3 rings (SSSR count). The van der Waals surface area contributed by atoms with Crippen molar-refractivity contribution in [2.75, 3.05) is 57.3 Å². The van der Waals surface area contributed by atoms with Gasteiger partial charge in [0.15, 0.2) is 0 Å². The summed E-state index contributed by atoms with van der Waals surface area (Å²) in [6.45, 7) is 8.74. The summed E-state index contributed by atoms with van der Waals surface area (Å²) >= 11 is 5.96. The zero-order valence-corrected chi connectivity index (χ0v) is 20.4. The molecule has 2 heterocycles. The summed E-state index contributed by atoms with van der Waals surface area (Å²) in [4.78, 5) is 17.0. The van der Waals surface area contributed by atoms with E-state index in [1.807, 2.05) is 24.3 Å². The monoisotopic (exact) mass is 482 g/mol. The summed E-state index contributed by atoms with van der Waals surface area (Å²) in [6.07, 6.45) is 1.46. The Morgan fingerprint density at radius 1 is 1.12 bits per heavy atom. The number of nitrogens with one attached hydrogen (secondary N) is 1. The van der Waals surface area contributed by atoms with Crippen LogP contribution < -0.4 is 10.2 Å². The first kappa shape index (κ1) is 24.5. The number of carbonyl (C=O) groups is 1. The lowest BCUT2D eigenvalue weighted by Crippen LogP contribution is -2.49. The lowest BCUT2D eigenvalue weighted by atomic mass is 10.2. The van der Waals surface area contributed by atoms with Gasteiger partial charge in [-0.3, -0.25) is 9.48 Å². The average Bonchev–Trinajstić information content (AvgIpc) is 3.20. The highest BCUT2D eigenvalue weighted by atomic mass is 35.5. The fraction of sp³-hybridized carbons (Fsp3) is 0.524. The number of piperazine rings is 1. The van der Waals surface area contributed by atoms with Crippen molar-refractivity contribution >= 4 is 33.2 Å². The Labute approximate surface area is 195 Å². The van der Waals surface area contributed by atoms with Gasteiger partial charge in [0, 0.05) is 63.2 Å². The molecular formula is C21H31ClN6O3S. The molecule has 176 valence electrons. The molecule has 1 aliphatic rings. The first-order chi connectivity index (χ1) is 15.3. The van der Waals surface area contributed by atoms with Crippen molar-refractivity contribution in [3.05, 3.63) is 41.0 Å². The number of hydrogen-bond donors (Lipinski definition) is 1. The number of likely N-dealkylation sites (N-methyl/N-ethyl adjacent to an activating group) is 1. The zero-order chi connectivity index (χ0) is 23.3. The molecule has 0 aliphatic carbocycles. The number of carbonyl (C=O) groups excluding carboxylic acids is 1. The van der Waals surface area contributed by atoms with Crippen LogP contribution in [0.15, 0.2) is 35.5 Å². The van der Waals surface area contributed by atoms with E-state index in [1.165, 1.54) is 15.2 Å². The van der Waals surface area contributed by atoms with Crippen LogP contribution in [0.4, 0.5) is 5.69 Å². The number of rotatable bonds is 9. The van der Waals surface area contributed by atoms with Gasteiger partial charge in [-0.2, -0.15) is 9.40 Å². The topological polar surface area (TPSA) is 90.8 Å². The van der Waals surface area contributed by atoms with E-state index in [4.69, 9.17) is 11.6 Å². The van der Waals surface area contributed by atoms with E-state index >= 15 is 0 Å². The second-order valence-corrected chi connectivity index (χ2v) is 9.96. The van der Waals surface area contributed by atoms with Crippen LogP contribution in [-0.4, -0.2) is 85.7 Å². The van der Waals surface area contributed by atoms with Gasteiger partial charge < -0.3 is 15.1 Å². The van der Waals surface area contributed by atoms with Gasteiger partial charge in [0.1, 0.15) is 0 Å². The van der Waals surface area contributed by atoms with Crippen LogP contribution in [0.3, 0.4) is 0 Å². The SMILES string of the molecule is CCN(CC)CCNC(=O)c1cn(C)nc1S(=O)(=O)N1CCN(c2ccc(Cl)cc2)CC1. The van der Waals surface area contributed by atoms with Crippen molar-refractivity contribution in [1.29, 1.82) is 0 Å². The lowest BCUT2D eigenvalue weighted by molar-refractivity contribution is 0.0945. The van der Waals surface area contributed by atoms with Crippen molar-refractivity contribution < 1.29 is 13.2 Å². The maximum Gasteiger partial charge on any atom is 0.263 e. The smallest absolute Gasteiger partial charge is 0.263 e. The van der Waals surface area contributed by atoms with Gasteiger partial charge in [0.25, 0.3) is 15.9 Å². The number of hydrogen-bond acceptors (Lipinski definition) is 6. The van der Waals surface area contributed by atoms with Gasteiger partial charge in [-0.25, -0.2) is 8.42 Å². The van der Waals surface area contributed by atoms with Gasteiger partial charge in [0.05, 0.1) is 5.56 Å². The molecule has 1 aromatic carbocycles. The highest BCUT2D eigenvalue weighted by molar-refractivity contribution is 7.89. The fourth-order valence-electron chi connectivity index (χ4n) is 3.74. The maximum atomic E-state index is 13.3. The number of aryl methyl sites for hydroxylation is 1. The first-order valence-corrected chi connectivity index (χ1v) is 12.6. The van der Waals surface area contributed by atoms with Gasteiger partial charge >= 0.3 is 0 Å². The largest absolute Gasteiger partial charge is 0.369 e. The van der Waals surface area contributed by atoms with Crippen molar-refractivity contribution in [3.8, 4) is 0 Å². The normalized spacial score (nSPS) is 15.3. The highest BCUT2D eigenvalue weighted by Crippen LogP contribution is 2.23. The second-order valence-electron chi connectivity index (χ2n) is 7.67. The molecule has 1 amide bonds. The average molecular weight is 483 g/mol. The van der Waals surface area contributed by atoms with E-state index in [1.54, 1.807) is 7.05 Å². The molecule has 0 spiro atoms. The zero-order valence-electron chi connectivity index (χ0n) is 18.8. The number of nitrogens with zero attached hydrogens (tertiary/aromatic N) is 5. The Morgan fingerprint density at radius 2 is 1.75 bits per heavy atom. The third-order valence-electron chi connectivity index (χ3n) is 5.66. The molecule has 1 N–H and O–H groups in total. The van der Waals surface area contributed by atoms with E-state index in [9.17, 15) is 13.2 Å². The Morgan fingerprint density at radius 3 is 2.34 bits per heavy atom. The number of benzene rings is 1. The summed E-state index contributed by atoms with van der Waals surface area (Å²) < 4.78 is 29.4. The Balaban J connectivity index is 1.68. The van der Waals surface area contributed by atoms with Crippen LogP contribution >= 0.6 is 11.6 Å². The Bertz CT molecular complexity index is 1010. The predicted molar refractivity (Wildman–Crippen MR) is 126 cm³/mol. The molecule has 1 fully saturated rings. The van der Waals surface area contributed by atoms with Crippen molar-refractivity contribution in [3.63, 3.8) is 0 Å². The molecule has 11 heteroatoms. The van der Waals surface area contributed by atoms with Crippen LogP contribution in [0.25, 0.3) is 0 Å². The van der Waals surface area contributed by atoms with Crippen LogP contribution in [-0.2, 0) is 17.1 Å². The lowest BCUT2D eigenvalue weighted by Gasteiger charge is -2.35. The van der Waals surface area contributed by atoms with Crippen molar-refractivity contribution in [1.82, 2.24) is 24.3 Å². The van der Waals surface area contributed by atoms with Gasteiger partial charge in [-0.1, -0.05) is 25.4 Å². The van der Waals surface area contributed by atoms with Crippen LogP contribution in [0.1, 0.15) is 24.2 Å². The predicted octanol–water partition coefficient (Wildman–Crippen LogP) is 1.66. The summed E-state index contributed by atoms with van der Waals surface area (Å²) in [7, 11) is -2.28. The molecule has 0 atom stereocenters. The fourth-order valence-corrected chi connectivity index (χ4v) is 5.41. The third kappa shape index (κ3) is 5.61. The van der Waals surface area contributed by atoms with Crippen LogP contribution in [0.5, 0.6) is 0 Å². The Kier molecular flexibility index (Phi) is 8.16. The van der Waals surface area contributed by atoms with Gasteiger partial charge in [-0.15, -0.1) is 0 Å². The van der Waals surface area contributed by atoms with Crippen molar-refractivity contribution in [2.24, 2.45) is 7.05 Å². The molecule has 0 bridgehead atoms. The van der Waals surface area contributed by atoms with E-state index in [-0.39, 0.29) is 10.6 Å². The minimum Gasteiger partial charge on any atom is -0.369 e. The number of aromatic nitrogens is 2. The molecular weight excluding hydrogens is 452 g/mol. The summed E-state index contributed by atoms with van der Waals surface area (Å²) in [5.74, 6) is -0.427. The summed E-state index contributed by atoms with van der Waals surface area (Å²) in [5, 5.41) is 7.42. The van der Waals surface area contributed by atoms with E-state index in [0.29, 0.717) is 44.3 Å². The number of anilines is 1. The van der Waals surface area contributed by atoms with E-state index in [0.717, 1.165) is 18.8 Å². The van der Waals surface area contributed by atoms with E-state index < -0.39 is 15.9 Å². The first-order valence-electron chi connectivity index (χ1n) is 10.8. The molecule has 2 aromatic rings. The molecule has 1 aliphatic heterocycles. The molecule has 1 saturated heterocycles. The molecule has 1 aromatic heterocycles. The quantitative estimate of drug-likeness (QED) is 0.584. The van der Waals surface area contributed by atoms with Gasteiger partial charge in [0.2, 0.25) is 5.03 Å². The maximum absolute atomic E-state index is 13.3. The molecule has 0 saturated carbocycles. The molecule has 0 radical (unpaired) electrons. The third-order valence-corrected chi connectivity index (χ3v) is 7.75. The summed E-state index contributed by atoms with van der Waals surface area (Å²) in [5.41, 5.74) is 1.07. The van der Waals surface area contributed by atoms with Crippen LogP contribution in [0, 0.1) is 0 Å². The van der Waals surface area contributed by atoms with Crippen molar-refractivity contribution in [2.45, 2.75) is 18.9 Å². The van der Waals surface area contributed by atoms with Crippen LogP contribution in [0.2, 0.25) is 5.02 Å². The number of halogens is 1. The minimum absolute atomic E-state index is 0.0761. The minimum atomic E-state index is -3.90.